The molecule has 7 heteroatoms. The molecule has 150 valence electrons. The lowest BCUT2D eigenvalue weighted by Crippen LogP contribution is -3.14. The number of halogens is 2. The van der Waals surface area contributed by atoms with E-state index in [2.05, 4.69) is 34.6 Å². The zero-order valence-electron chi connectivity index (χ0n) is 16.3. The summed E-state index contributed by atoms with van der Waals surface area (Å²) < 4.78 is 0. The second-order valence-corrected chi connectivity index (χ2v) is 8.02. The highest BCUT2D eigenvalue weighted by molar-refractivity contribution is 6.35. The highest BCUT2D eigenvalue weighted by Crippen LogP contribution is 2.23. The van der Waals surface area contributed by atoms with E-state index in [1.165, 1.54) is 25.3 Å². The summed E-state index contributed by atoms with van der Waals surface area (Å²) >= 11 is 12.0. The molecule has 5 nitrogen and oxygen atoms in total. The number of piperazine rings is 1. The average molecular weight is 422 g/mol. The van der Waals surface area contributed by atoms with E-state index in [4.69, 9.17) is 23.2 Å². The number of likely N-dealkylation sites (N-methyl/N-ethyl adjacent to an activating group) is 1. The van der Waals surface area contributed by atoms with Crippen LogP contribution in [0.4, 0.5) is 17.1 Å². The maximum absolute atomic E-state index is 12.4. The number of nitrogens with one attached hydrogen (secondary N) is 3. The zero-order chi connectivity index (χ0) is 20.1. The fourth-order valence-electron chi connectivity index (χ4n) is 3.40. The fraction of sp³-hybridized carbons (Fsp3) is 0.381. The number of carbonyl (C=O) groups is 1. The number of nitrogens with zero attached hydrogens (tertiary/aromatic N) is 1. The highest BCUT2D eigenvalue weighted by atomic mass is 35.5. The Hall–Kier alpha value is -1.95. The van der Waals surface area contributed by atoms with Crippen LogP contribution in [0.25, 0.3) is 0 Å². The van der Waals surface area contributed by atoms with E-state index in [1.807, 2.05) is 19.1 Å². The topological polar surface area (TPSA) is 48.8 Å². The third-order valence-electron chi connectivity index (χ3n) is 5.11. The van der Waals surface area contributed by atoms with E-state index in [0.717, 1.165) is 18.8 Å². The van der Waals surface area contributed by atoms with E-state index in [1.54, 1.807) is 23.1 Å². The maximum Gasteiger partial charge on any atom is 0.246 e. The first-order chi connectivity index (χ1) is 13.4. The first-order valence-electron chi connectivity index (χ1n) is 9.66. The first kappa shape index (κ1) is 20.8. The molecule has 0 aromatic heterocycles. The molecule has 28 heavy (non-hydrogen) atoms. The van der Waals surface area contributed by atoms with Crippen molar-refractivity contribution in [2.45, 2.75) is 19.9 Å². The number of hydrogen-bond acceptors (Lipinski definition) is 3. The van der Waals surface area contributed by atoms with Crippen molar-refractivity contribution in [3.05, 3.63) is 52.5 Å². The summed E-state index contributed by atoms with van der Waals surface area (Å²) in [7, 11) is 0. The number of quaternary nitrogens is 1. The van der Waals surface area contributed by atoms with Gasteiger partial charge in [0.15, 0.2) is 0 Å². The summed E-state index contributed by atoms with van der Waals surface area (Å²) in [6.45, 7) is 9.78. The molecule has 1 fully saturated rings. The number of amides is 1. The Bertz CT molecular complexity index is 784. The lowest BCUT2D eigenvalue weighted by Gasteiger charge is -2.33. The summed E-state index contributed by atoms with van der Waals surface area (Å²) in [6.07, 6.45) is 0. The molecule has 0 bridgehead atoms. The molecule has 1 aliphatic rings. The van der Waals surface area contributed by atoms with Gasteiger partial charge in [0.1, 0.15) is 6.04 Å². The predicted molar refractivity (Wildman–Crippen MR) is 118 cm³/mol. The Morgan fingerprint density at radius 2 is 1.68 bits per heavy atom. The Morgan fingerprint density at radius 1 is 1.07 bits per heavy atom. The normalized spacial score (nSPS) is 15.9. The van der Waals surface area contributed by atoms with E-state index >= 15 is 0 Å². The van der Waals surface area contributed by atoms with Gasteiger partial charge in [-0.05, 0) is 56.3 Å². The van der Waals surface area contributed by atoms with E-state index in [0.29, 0.717) is 15.7 Å². The summed E-state index contributed by atoms with van der Waals surface area (Å²) in [5, 5.41) is 7.05. The third kappa shape index (κ3) is 5.53. The molecule has 3 rings (SSSR count). The van der Waals surface area contributed by atoms with Crippen LogP contribution in [-0.2, 0) is 4.79 Å². The molecule has 2 aromatic carbocycles. The lowest BCUT2D eigenvalue weighted by atomic mass is 10.2. The van der Waals surface area contributed by atoms with Crippen molar-refractivity contribution in [2.24, 2.45) is 0 Å². The van der Waals surface area contributed by atoms with Crippen LogP contribution in [0.5, 0.6) is 0 Å². The average Bonchev–Trinajstić information content (AvgIpc) is 2.68. The second-order valence-electron chi connectivity index (χ2n) is 7.15. The molecule has 0 unspecified atom stereocenters. The van der Waals surface area contributed by atoms with E-state index in [9.17, 15) is 4.79 Å². The van der Waals surface area contributed by atoms with Crippen LogP contribution in [0.1, 0.15) is 13.8 Å². The van der Waals surface area contributed by atoms with Gasteiger partial charge in [-0.15, -0.1) is 0 Å². The van der Waals surface area contributed by atoms with Crippen molar-refractivity contribution in [1.82, 2.24) is 0 Å². The largest absolute Gasteiger partial charge is 0.374 e. The third-order valence-corrected chi connectivity index (χ3v) is 5.55. The van der Waals surface area contributed by atoms with Crippen LogP contribution in [-0.4, -0.2) is 44.7 Å². The van der Waals surface area contributed by atoms with Gasteiger partial charge in [0.25, 0.3) is 0 Å². The molecule has 0 aliphatic carbocycles. The Labute approximate surface area is 176 Å². The molecular formula is C21H27Cl2N4O+. The molecule has 0 radical (unpaired) electrons. The van der Waals surface area contributed by atoms with Crippen LogP contribution in [0.2, 0.25) is 10.0 Å². The van der Waals surface area contributed by atoms with Gasteiger partial charge >= 0.3 is 0 Å². The van der Waals surface area contributed by atoms with Crippen LogP contribution in [0.3, 0.4) is 0 Å². The highest BCUT2D eigenvalue weighted by Gasteiger charge is 2.19. The Kier molecular flexibility index (Phi) is 7.05. The van der Waals surface area contributed by atoms with Crippen molar-refractivity contribution >= 4 is 46.2 Å². The molecule has 2 aromatic rings. The minimum Gasteiger partial charge on any atom is -0.374 e. The number of anilines is 3. The van der Waals surface area contributed by atoms with Gasteiger partial charge in [-0.1, -0.05) is 23.2 Å². The van der Waals surface area contributed by atoms with Crippen molar-refractivity contribution in [1.29, 1.82) is 0 Å². The van der Waals surface area contributed by atoms with Crippen molar-refractivity contribution in [3.8, 4) is 0 Å². The molecule has 1 amide bonds. The van der Waals surface area contributed by atoms with Gasteiger partial charge < -0.3 is 20.4 Å². The molecule has 0 spiro atoms. The second kappa shape index (κ2) is 9.50. The Morgan fingerprint density at radius 3 is 2.25 bits per heavy atom. The zero-order valence-corrected chi connectivity index (χ0v) is 17.8. The van der Waals surface area contributed by atoms with Gasteiger partial charge in [-0.3, -0.25) is 4.79 Å². The van der Waals surface area contributed by atoms with Crippen molar-refractivity contribution in [3.63, 3.8) is 0 Å². The minimum atomic E-state index is -0.402. The van der Waals surface area contributed by atoms with Crippen LogP contribution >= 0.6 is 23.2 Å². The van der Waals surface area contributed by atoms with Crippen LogP contribution < -0.4 is 20.4 Å². The predicted octanol–water partition coefficient (Wildman–Crippen LogP) is 3.16. The van der Waals surface area contributed by atoms with E-state index < -0.39 is 6.04 Å². The smallest absolute Gasteiger partial charge is 0.246 e. The quantitative estimate of drug-likeness (QED) is 0.671. The Balaban J connectivity index is 1.55. The number of rotatable bonds is 6. The number of carbonyl (C=O) groups excluding carboxylic acids is 1. The molecule has 1 saturated heterocycles. The molecule has 1 heterocycles. The fourth-order valence-corrected chi connectivity index (χ4v) is 3.92. The minimum absolute atomic E-state index is 0.152. The molecule has 1 aliphatic heterocycles. The van der Waals surface area contributed by atoms with Crippen LogP contribution in [0, 0.1) is 0 Å². The number of benzene rings is 2. The molecular weight excluding hydrogens is 395 g/mol. The molecule has 1 atom stereocenters. The van der Waals surface area contributed by atoms with Gasteiger partial charge in [-0.2, -0.15) is 0 Å². The number of hydrogen-bond donors (Lipinski definition) is 3. The van der Waals surface area contributed by atoms with E-state index in [-0.39, 0.29) is 5.91 Å². The van der Waals surface area contributed by atoms with Gasteiger partial charge in [0.2, 0.25) is 5.91 Å². The SMILES string of the molecule is CC[NH+]1CCN(c2ccc(N[C@@H](C)C(=O)Nc3cc(Cl)cc(Cl)c3)cc2)CC1. The summed E-state index contributed by atoms with van der Waals surface area (Å²) in [6, 6.07) is 12.8. The summed E-state index contributed by atoms with van der Waals surface area (Å²) in [5.74, 6) is -0.152. The van der Waals surface area contributed by atoms with Gasteiger partial charge in [0.05, 0.1) is 32.7 Å². The maximum atomic E-state index is 12.4. The standard InChI is InChI=1S/C21H26Cl2N4O/c1-3-26-8-10-27(11-9-26)20-6-4-18(5-7-20)24-15(2)21(28)25-19-13-16(22)12-17(23)14-19/h4-7,12-15,24H,3,8-11H2,1-2H3,(H,25,28)/p+1/t15-/m0/s1. The lowest BCUT2D eigenvalue weighted by molar-refractivity contribution is -0.898. The summed E-state index contributed by atoms with van der Waals surface area (Å²) in [4.78, 5) is 16.5. The van der Waals surface area contributed by atoms with Crippen LogP contribution in [0.15, 0.2) is 42.5 Å². The molecule has 3 N–H and O–H groups in total. The molecule has 0 saturated carbocycles. The van der Waals surface area contributed by atoms with Crippen molar-refractivity contribution in [2.75, 3.05) is 48.3 Å². The first-order valence-corrected chi connectivity index (χ1v) is 10.4. The van der Waals surface area contributed by atoms with Gasteiger partial charge in [0, 0.05) is 27.1 Å². The van der Waals surface area contributed by atoms with Crippen molar-refractivity contribution < 1.29 is 9.69 Å². The van der Waals surface area contributed by atoms with Gasteiger partial charge in [-0.25, -0.2) is 0 Å². The monoisotopic (exact) mass is 421 g/mol. The summed E-state index contributed by atoms with van der Waals surface area (Å²) in [5.41, 5.74) is 2.72.